The number of nitrogen functional groups attached to an aromatic ring is 1. The molecule has 0 aromatic carbocycles. The summed E-state index contributed by atoms with van der Waals surface area (Å²) in [6, 6.07) is 0.276. The number of anilines is 2. The standard InChI is InChI=1S/C11H22N6O/c1-5-17(6-2)7-8-18-11-14-9(12)13-10(15-11)16(3)4/h5-8H2,1-4H3,(H2,12,13,14,15). The van der Waals surface area contributed by atoms with E-state index in [1.807, 2.05) is 14.1 Å². The van der Waals surface area contributed by atoms with Gasteiger partial charge in [0, 0.05) is 20.6 Å². The predicted molar refractivity (Wildman–Crippen MR) is 71.8 cm³/mol. The van der Waals surface area contributed by atoms with E-state index in [2.05, 4.69) is 33.7 Å². The van der Waals surface area contributed by atoms with Gasteiger partial charge < -0.3 is 20.3 Å². The number of hydrogen-bond acceptors (Lipinski definition) is 7. The van der Waals surface area contributed by atoms with Gasteiger partial charge in [-0.05, 0) is 13.1 Å². The first kappa shape index (κ1) is 14.4. The molecule has 0 radical (unpaired) electrons. The first-order valence-electron chi connectivity index (χ1n) is 6.10. The Kier molecular flexibility index (Phi) is 5.57. The van der Waals surface area contributed by atoms with Gasteiger partial charge in [0.05, 0.1) is 0 Å². The molecule has 0 saturated heterocycles. The molecule has 0 bridgehead atoms. The second kappa shape index (κ2) is 6.95. The van der Waals surface area contributed by atoms with Crippen LogP contribution in [0.5, 0.6) is 6.01 Å². The molecule has 1 aromatic heterocycles. The van der Waals surface area contributed by atoms with Crippen molar-refractivity contribution in [2.24, 2.45) is 0 Å². The van der Waals surface area contributed by atoms with Crippen molar-refractivity contribution in [3.63, 3.8) is 0 Å². The fourth-order valence-corrected chi connectivity index (χ4v) is 1.43. The van der Waals surface area contributed by atoms with Crippen LogP contribution < -0.4 is 15.4 Å². The second-order valence-corrected chi connectivity index (χ2v) is 4.05. The highest BCUT2D eigenvalue weighted by Crippen LogP contribution is 2.10. The van der Waals surface area contributed by atoms with Gasteiger partial charge in [0.25, 0.3) is 0 Å². The Morgan fingerprint density at radius 1 is 1.11 bits per heavy atom. The topological polar surface area (TPSA) is 80.4 Å². The van der Waals surface area contributed by atoms with Crippen molar-refractivity contribution in [1.29, 1.82) is 0 Å². The zero-order valence-corrected chi connectivity index (χ0v) is 11.6. The number of aromatic nitrogens is 3. The zero-order chi connectivity index (χ0) is 13.5. The first-order valence-corrected chi connectivity index (χ1v) is 6.10. The molecule has 0 atom stereocenters. The molecule has 7 nitrogen and oxygen atoms in total. The molecule has 102 valence electrons. The maximum Gasteiger partial charge on any atom is 0.323 e. The lowest BCUT2D eigenvalue weighted by atomic mass is 10.5. The summed E-state index contributed by atoms with van der Waals surface area (Å²) in [7, 11) is 3.68. The van der Waals surface area contributed by atoms with E-state index < -0.39 is 0 Å². The molecule has 18 heavy (non-hydrogen) atoms. The summed E-state index contributed by atoms with van der Waals surface area (Å²) in [6.07, 6.45) is 0. The minimum Gasteiger partial charge on any atom is -0.462 e. The van der Waals surface area contributed by atoms with Crippen LogP contribution in [0.25, 0.3) is 0 Å². The molecule has 1 rings (SSSR count). The molecule has 1 heterocycles. The average molecular weight is 254 g/mol. The lowest BCUT2D eigenvalue weighted by Crippen LogP contribution is -2.28. The number of nitrogens with zero attached hydrogens (tertiary/aromatic N) is 5. The largest absolute Gasteiger partial charge is 0.462 e. The van der Waals surface area contributed by atoms with Crippen molar-refractivity contribution in [2.45, 2.75) is 13.8 Å². The van der Waals surface area contributed by atoms with E-state index in [9.17, 15) is 0 Å². The van der Waals surface area contributed by atoms with Crippen molar-refractivity contribution in [1.82, 2.24) is 19.9 Å². The fraction of sp³-hybridized carbons (Fsp3) is 0.727. The van der Waals surface area contributed by atoms with E-state index in [0.29, 0.717) is 12.6 Å². The summed E-state index contributed by atoms with van der Waals surface area (Å²) >= 11 is 0. The predicted octanol–water partition coefficient (Wildman–Crippen LogP) is 0.240. The number of hydrogen-bond donors (Lipinski definition) is 1. The summed E-state index contributed by atoms with van der Waals surface area (Å²) in [5.41, 5.74) is 5.60. The summed E-state index contributed by atoms with van der Waals surface area (Å²) < 4.78 is 5.50. The van der Waals surface area contributed by atoms with Crippen LogP contribution in [-0.2, 0) is 0 Å². The van der Waals surface area contributed by atoms with Gasteiger partial charge in [-0.15, -0.1) is 0 Å². The molecule has 0 aliphatic carbocycles. The highest BCUT2D eigenvalue weighted by Gasteiger charge is 2.07. The summed E-state index contributed by atoms with van der Waals surface area (Å²) in [4.78, 5) is 16.1. The summed E-state index contributed by atoms with van der Waals surface area (Å²) in [6.45, 7) is 7.63. The molecule has 0 aliphatic rings. The maximum absolute atomic E-state index is 5.60. The van der Waals surface area contributed by atoms with E-state index in [1.165, 1.54) is 0 Å². The third kappa shape index (κ3) is 4.33. The van der Waals surface area contributed by atoms with Gasteiger partial charge >= 0.3 is 6.01 Å². The van der Waals surface area contributed by atoms with E-state index in [1.54, 1.807) is 4.90 Å². The highest BCUT2D eigenvalue weighted by atomic mass is 16.5. The van der Waals surface area contributed by atoms with E-state index in [4.69, 9.17) is 10.5 Å². The first-order chi connectivity index (χ1) is 8.56. The van der Waals surface area contributed by atoms with Crippen LogP contribution in [-0.4, -0.2) is 60.2 Å². The quantitative estimate of drug-likeness (QED) is 0.746. The maximum atomic E-state index is 5.60. The Labute approximate surface area is 108 Å². The molecule has 1 aromatic rings. The van der Waals surface area contributed by atoms with Crippen LogP contribution in [0, 0.1) is 0 Å². The fourth-order valence-electron chi connectivity index (χ4n) is 1.43. The molecule has 0 unspecified atom stereocenters. The van der Waals surface area contributed by atoms with Crippen LogP contribution in [0.3, 0.4) is 0 Å². The van der Waals surface area contributed by atoms with Crippen LogP contribution in [0.4, 0.5) is 11.9 Å². The van der Waals surface area contributed by atoms with Gasteiger partial charge in [-0.2, -0.15) is 15.0 Å². The van der Waals surface area contributed by atoms with Crippen molar-refractivity contribution in [2.75, 3.05) is 51.0 Å². The Morgan fingerprint density at radius 2 is 1.78 bits per heavy atom. The molecular formula is C11H22N6O. The van der Waals surface area contributed by atoms with Gasteiger partial charge in [0.15, 0.2) is 0 Å². The number of ether oxygens (including phenoxy) is 1. The van der Waals surface area contributed by atoms with Gasteiger partial charge in [-0.25, -0.2) is 0 Å². The molecule has 0 fully saturated rings. The smallest absolute Gasteiger partial charge is 0.323 e. The van der Waals surface area contributed by atoms with Crippen LogP contribution in [0.15, 0.2) is 0 Å². The Morgan fingerprint density at radius 3 is 2.33 bits per heavy atom. The van der Waals surface area contributed by atoms with E-state index >= 15 is 0 Å². The Balaban J connectivity index is 2.56. The Hall–Kier alpha value is -1.63. The lowest BCUT2D eigenvalue weighted by molar-refractivity contribution is 0.212. The normalized spacial score (nSPS) is 10.7. The van der Waals surface area contributed by atoms with Gasteiger partial charge in [0.2, 0.25) is 11.9 Å². The molecule has 0 aliphatic heterocycles. The van der Waals surface area contributed by atoms with Crippen LogP contribution in [0.1, 0.15) is 13.8 Å². The zero-order valence-electron chi connectivity index (χ0n) is 11.6. The van der Waals surface area contributed by atoms with Gasteiger partial charge in [-0.3, -0.25) is 0 Å². The second-order valence-electron chi connectivity index (χ2n) is 4.05. The minimum absolute atomic E-state index is 0.173. The average Bonchev–Trinajstić information content (AvgIpc) is 2.34. The van der Waals surface area contributed by atoms with Crippen molar-refractivity contribution in [3.05, 3.63) is 0 Å². The molecule has 0 saturated carbocycles. The lowest BCUT2D eigenvalue weighted by Gasteiger charge is -2.17. The third-order valence-corrected chi connectivity index (χ3v) is 2.55. The molecule has 0 spiro atoms. The minimum atomic E-state index is 0.173. The van der Waals surface area contributed by atoms with Crippen LogP contribution >= 0.6 is 0 Å². The van der Waals surface area contributed by atoms with E-state index in [-0.39, 0.29) is 12.0 Å². The van der Waals surface area contributed by atoms with Crippen molar-refractivity contribution < 1.29 is 4.74 Å². The van der Waals surface area contributed by atoms with E-state index in [0.717, 1.165) is 19.6 Å². The molecule has 7 heteroatoms. The monoisotopic (exact) mass is 254 g/mol. The van der Waals surface area contributed by atoms with Crippen molar-refractivity contribution >= 4 is 11.9 Å². The molecule has 2 N–H and O–H groups in total. The molecule has 0 amide bonds. The Bertz CT molecular complexity index is 367. The SMILES string of the molecule is CCN(CC)CCOc1nc(N)nc(N(C)C)n1. The van der Waals surface area contributed by atoms with Crippen LogP contribution in [0.2, 0.25) is 0 Å². The van der Waals surface area contributed by atoms with Crippen molar-refractivity contribution in [3.8, 4) is 6.01 Å². The van der Waals surface area contributed by atoms with Gasteiger partial charge in [-0.1, -0.05) is 13.8 Å². The number of likely N-dealkylation sites (N-methyl/N-ethyl adjacent to an activating group) is 1. The van der Waals surface area contributed by atoms with Gasteiger partial charge in [0.1, 0.15) is 6.61 Å². The number of nitrogens with two attached hydrogens (primary N) is 1. The third-order valence-electron chi connectivity index (χ3n) is 2.55. The number of rotatable bonds is 7. The molecular weight excluding hydrogens is 232 g/mol. The summed E-state index contributed by atoms with van der Waals surface area (Å²) in [5, 5.41) is 0. The highest BCUT2D eigenvalue weighted by molar-refractivity contribution is 5.33. The summed E-state index contributed by atoms with van der Waals surface area (Å²) in [5.74, 6) is 0.673.